The SMILES string of the molecule is CCOc1cc(/C=C2/C(=O)N(c3ccc(CC)cc3)C(=S)N2CC(=O)OC)cc(Br)c1OCc1ccccc1F. The van der Waals surface area contributed by atoms with E-state index in [1.54, 1.807) is 36.4 Å². The van der Waals surface area contributed by atoms with Gasteiger partial charge in [-0.25, -0.2) is 4.39 Å². The van der Waals surface area contributed by atoms with Crippen molar-refractivity contribution in [1.82, 2.24) is 4.90 Å². The van der Waals surface area contributed by atoms with Crippen molar-refractivity contribution >= 4 is 56.9 Å². The number of esters is 1. The van der Waals surface area contributed by atoms with Gasteiger partial charge < -0.3 is 19.1 Å². The lowest BCUT2D eigenvalue weighted by molar-refractivity contribution is -0.140. The molecule has 1 saturated heterocycles. The van der Waals surface area contributed by atoms with Gasteiger partial charge in [0.05, 0.1) is 23.9 Å². The number of benzene rings is 3. The third kappa shape index (κ3) is 6.34. The van der Waals surface area contributed by atoms with E-state index in [9.17, 15) is 14.0 Å². The van der Waals surface area contributed by atoms with E-state index >= 15 is 0 Å². The van der Waals surface area contributed by atoms with Crippen LogP contribution in [0.2, 0.25) is 0 Å². The molecule has 3 aromatic carbocycles. The summed E-state index contributed by atoms with van der Waals surface area (Å²) >= 11 is 9.17. The van der Waals surface area contributed by atoms with Crippen molar-refractivity contribution in [2.45, 2.75) is 26.9 Å². The number of ether oxygens (including phenoxy) is 3. The number of nitrogens with zero attached hydrogens (tertiary/aromatic N) is 2. The molecule has 0 aliphatic carbocycles. The van der Waals surface area contributed by atoms with Crippen molar-refractivity contribution in [2.75, 3.05) is 25.2 Å². The Morgan fingerprint density at radius 3 is 2.45 bits per heavy atom. The number of amides is 1. The lowest BCUT2D eigenvalue weighted by atomic mass is 10.1. The number of carbonyl (C=O) groups excluding carboxylic acids is 2. The summed E-state index contributed by atoms with van der Waals surface area (Å²) in [5, 5.41) is 0.167. The van der Waals surface area contributed by atoms with E-state index in [0.717, 1.165) is 12.0 Å². The Morgan fingerprint density at radius 2 is 1.80 bits per heavy atom. The quantitative estimate of drug-likeness (QED) is 0.149. The van der Waals surface area contributed by atoms with Crippen molar-refractivity contribution in [3.05, 3.63) is 93.3 Å². The Kier molecular flexibility index (Phi) is 9.54. The molecular weight excluding hydrogens is 599 g/mol. The maximum atomic E-state index is 14.1. The van der Waals surface area contributed by atoms with E-state index < -0.39 is 5.97 Å². The van der Waals surface area contributed by atoms with E-state index in [1.807, 2.05) is 38.1 Å². The highest BCUT2D eigenvalue weighted by molar-refractivity contribution is 9.10. The molecule has 7 nitrogen and oxygen atoms in total. The fourth-order valence-corrected chi connectivity index (χ4v) is 5.06. The van der Waals surface area contributed by atoms with Crippen molar-refractivity contribution < 1.29 is 28.2 Å². The predicted molar refractivity (Wildman–Crippen MR) is 159 cm³/mol. The first kappa shape index (κ1) is 29.2. The smallest absolute Gasteiger partial charge is 0.325 e. The first-order valence-electron chi connectivity index (χ1n) is 12.6. The van der Waals surface area contributed by atoms with Crippen LogP contribution in [0.5, 0.6) is 11.5 Å². The minimum absolute atomic E-state index is 0.00275. The van der Waals surface area contributed by atoms with E-state index in [2.05, 4.69) is 15.9 Å². The molecule has 0 bridgehead atoms. The van der Waals surface area contributed by atoms with Gasteiger partial charge in [-0.3, -0.25) is 14.5 Å². The number of carbonyl (C=O) groups is 2. The summed E-state index contributed by atoms with van der Waals surface area (Å²) in [6.45, 7) is 3.99. The van der Waals surface area contributed by atoms with Gasteiger partial charge in [0.2, 0.25) is 0 Å². The van der Waals surface area contributed by atoms with E-state index in [4.69, 9.17) is 26.4 Å². The van der Waals surface area contributed by atoms with Crippen LogP contribution in [0.4, 0.5) is 10.1 Å². The molecule has 0 N–H and O–H groups in total. The molecule has 0 unspecified atom stereocenters. The number of rotatable bonds is 10. The van der Waals surface area contributed by atoms with E-state index in [0.29, 0.717) is 39.4 Å². The van der Waals surface area contributed by atoms with Crippen LogP contribution in [0.3, 0.4) is 0 Å². The molecule has 0 radical (unpaired) electrons. The first-order valence-corrected chi connectivity index (χ1v) is 13.8. The van der Waals surface area contributed by atoms with Gasteiger partial charge in [-0.15, -0.1) is 0 Å². The number of methoxy groups -OCH3 is 1. The van der Waals surface area contributed by atoms with E-state index in [-0.39, 0.29) is 35.7 Å². The van der Waals surface area contributed by atoms with Gasteiger partial charge in [0, 0.05) is 5.56 Å². The zero-order valence-electron chi connectivity index (χ0n) is 22.3. The molecule has 1 aliphatic rings. The summed E-state index contributed by atoms with van der Waals surface area (Å²) in [5.74, 6) is -0.498. The monoisotopic (exact) mass is 626 g/mol. The Bertz CT molecular complexity index is 1460. The molecule has 1 heterocycles. The molecule has 1 aliphatic heterocycles. The highest BCUT2D eigenvalue weighted by Crippen LogP contribution is 2.39. The molecule has 3 aromatic rings. The van der Waals surface area contributed by atoms with Crippen LogP contribution >= 0.6 is 28.1 Å². The molecule has 40 heavy (non-hydrogen) atoms. The number of hydrogen-bond acceptors (Lipinski definition) is 6. The van der Waals surface area contributed by atoms with Gasteiger partial charge in [0.25, 0.3) is 5.91 Å². The topological polar surface area (TPSA) is 68.3 Å². The van der Waals surface area contributed by atoms with Crippen LogP contribution in [0.15, 0.2) is 70.8 Å². The van der Waals surface area contributed by atoms with Gasteiger partial charge in [-0.05, 0) is 89.0 Å². The van der Waals surface area contributed by atoms with E-state index in [1.165, 1.54) is 23.0 Å². The number of anilines is 1. The second kappa shape index (κ2) is 13.1. The second-order valence-corrected chi connectivity index (χ2v) is 10.00. The molecule has 208 valence electrons. The largest absolute Gasteiger partial charge is 0.490 e. The molecule has 0 spiro atoms. The number of thiocarbonyl (C=S) groups is 1. The van der Waals surface area contributed by atoms with Crippen LogP contribution in [-0.4, -0.2) is 42.2 Å². The van der Waals surface area contributed by atoms with Crippen molar-refractivity contribution in [3.8, 4) is 11.5 Å². The minimum atomic E-state index is -0.544. The minimum Gasteiger partial charge on any atom is -0.490 e. The normalized spacial score (nSPS) is 14.2. The standard InChI is InChI=1S/C30H28BrFN2O5S/c1-4-19-10-12-22(13-11-19)34-29(36)25(33(30(34)40)17-27(35)37-3)15-20-14-23(31)28(26(16-20)38-5-2)39-18-21-8-6-7-9-24(21)32/h6-16H,4-5,17-18H2,1-3H3/b25-15-. The molecule has 4 rings (SSSR count). The predicted octanol–water partition coefficient (Wildman–Crippen LogP) is 6.28. The summed E-state index contributed by atoms with van der Waals surface area (Å²) in [5.41, 5.74) is 2.91. The number of hydrogen-bond donors (Lipinski definition) is 0. The summed E-state index contributed by atoms with van der Waals surface area (Å²) < 4.78 is 31.3. The summed E-state index contributed by atoms with van der Waals surface area (Å²) in [6.07, 6.45) is 2.49. The van der Waals surface area contributed by atoms with Gasteiger partial charge in [0.15, 0.2) is 16.6 Å². The van der Waals surface area contributed by atoms with Crippen LogP contribution in [-0.2, 0) is 27.4 Å². The summed E-state index contributed by atoms with van der Waals surface area (Å²) in [4.78, 5) is 28.8. The Labute approximate surface area is 246 Å². The molecular formula is C30H28BrFN2O5S. The van der Waals surface area contributed by atoms with Gasteiger partial charge in [-0.2, -0.15) is 0 Å². The van der Waals surface area contributed by atoms with Crippen molar-refractivity contribution in [2.24, 2.45) is 0 Å². The molecule has 0 atom stereocenters. The molecule has 1 fully saturated rings. The summed E-state index contributed by atoms with van der Waals surface area (Å²) in [6, 6.07) is 17.4. The fourth-order valence-electron chi connectivity index (χ4n) is 4.13. The summed E-state index contributed by atoms with van der Waals surface area (Å²) in [7, 11) is 1.28. The zero-order valence-corrected chi connectivity index (χ0v) is 24.7. The third-order valence-electron chi connectivity index (χ3n) is 6.22. The van der Waals surface area contributed by atoms with Gasteiger partial charge in [0.1, 0.15) is 24.7 Å². The molecule has 0 aromatic heterocycles. The Balaban J connectivity index is 1.71. The highest BCUT2D eigenvalue weighted by atomic mass is 79.9. The van der Waals surface area contributed by atoms with Crippen LogP contribution in [0, 0.1) is 5.82 Å². The van der Waals surface area contributed by atoms with Gasteiger partial charge in [-0.1, -0.05) is 37.3 Å². The maximum Gasteiger partial charge on any atom is 0.325 e. The molecule has 10 heteroatoms. The fraction of sp³-hybridized carbons (Fsp3) is 0.233. The Hall–Kier alpha value is -3.76. The van der Waals surface area contributed by atoms with Crippen LogP contribution in [0.25, 0.3) is 6.08 Å². The van der Waals surface area contributed by atoms with Crippen molar-refractivity contribution in [1.29, 1.82) is 0 Å². The number of aryl methyl sites for hydroxylation is 1. The molecule has 1 amide bonds. The average Bonchev–Trinajstić information content (AvgIpc) is 3.17. The number of halogens is 2. The van der Waals surface area contributed by atoms with Crippen LogP contribution in [0.1, 0.15) is 30.5 Å². The molecule has 0 saturated carbocycles. The lowest BCUT2D eigenvalue weighted by Crippen LogP contribution is -2.35. The van der Waals surface area contributed by atoms with Gasteiger partial charge >= 0.3 is 5.97 Å². The second-order valence-electron chi connectivity index (χ2n) is 8.78. The first-order chi connectivity index (χ1) is 19.3. The lowest BCUT2D eigenvalue weighted by Gasteiger charge is -2.19. The average molecular weight is 628 g/mol. The van der Waals surface area contributed by atoms with Crippen LogP contribution < -0.4 is 14.4 Å². The zero-order chi connectivity index (χ0) is 28.8. The maximum absolute atomic E-state index is 14.1. The Morgan fingerprint density at radius 1 is 1.07 bits per heavy atom. The third-order valence-corrected chi connectivity index (χ3v) is 7.21. The highest BCUT2D eigenvalue weighted by Gasteiger charge is 2.40. The van der Waals surface area contributed by atoms with Crippen molar-refractivity contribution in [3.63, 3.8) is 0 Å².